The minimum absolute atomic E-state index is 0. The van der Waals surface area contributed by atoms with Crippen molar-refractivity contribution < 1.29 is 5.11 Å². The van der Waals surface area contributed by atoms with Crippen LogP contribution in [0.2, 0.25) is 0 Å². The normalized spacial score (nSPS) is 31.4. The monoisotopic (exact) mass is 445 g/mol. The van der Waals surface area contributed by atoms with Crippen molar-refractivity contribution >= 4 is 23.9 Å². The van der Waals surface area contributed by atoms with Crippen molar-refractivity contribution in [2.75, 3.05) is 0 Å². The van der Waals surface area contributed by atoms with Crippen LogP contribution in [0.5, 0.6) is 0 Å². The topological polar surface area (TPSA) is 23.1 Å². The third-order valence-electron chi connectivity index (χ3n) is 5.87. The SMILES string of the molecule is CCCC.CCCC.CCCC.[O-]C1CC2CC1C1CCCC21.[Sn]. The van der Waals surface area contributed by atoms with Crippen LogP contribution < -0.4 is 5.11 Å². The van der Waals surface area contributed by atoms with Crippen molar-refractivity contribution in [3.05, 3.63) is 0 Å². The average molecular weight is 444 g/mol. The molecule has 3 saturated carbocycles. The maximum atomic E-state index is 11.5. The molecule has 0 amide bonds. The predicted molar refractivity (Wildman–Crippen MR) is 108 cm³/mol. The summed E-state index contributed by atoms with van der Waals surface area (Å²) in [5.41, 5.74) is 0. The summed E-state index contributed by atoms with van der Waals surface area (Å²) in [4.78, 5) is 0. The van der Waals surface area contributed by atoms with E-state index in [1.54, 1.807) is 0 Å². The van der Waals surface area contributed by atoms with E-state index in [0.717, 1.165) is 24.2 Å². The van der Waals surface area contributed by atoms with Gasteiger partial charge in [-0.1, -0.05) is 98.8 Å². The summed E-state index contributed by atoms with van der Waals surface area (Å²) in [6.45, 7) is 13.1. The molecule has 0 heterocycles. The minimum Gasteiger partial charge on any atom is -0.852 e. The van der Waals surface area contributed by atoms with E-state index < -0.39 is 0 Å². The fraction of sp³-hybridized carbons (Fsp3) is 1.00. The summed E-state index contributed by atoms with van der Waals surface area (Å²) in [7, 11) is 0. The number of unbranched alkanes of at least 4 members (excludes halogenated alkanes) is 3. The largest absolute Gasteiger partial charge is 0.852 e. The summed E-state index contributed by atoms with van der Waals surface area (Å²) in [5.74, 6) is 3.32. The van der Waals surface area contributed by atoms with E-state index in [9.17, 15) is 5.11 Å². The maximum Gasteiger partial charge on any atom is 0 e. The van der Waals surface area contributed by atoms with Crippen LogP contribution in [0.4, 0.5) is 0 Å². The first kappa shape index (κ1) is 27.0. The van der Waals surface area contributed by atoms with E-state index in [4.69, 9.17) is 0 Å². The fourth-order valence-electron chi connectivity index (χ4n) is 4.01. The van der Waals surface area contributed by atoms with E-state index in [-0.39, 0.29) is 30.0 Å². The second-order valence-electron chi connectivity index (χ2n) is 7.69. The van der Waals surface area contributed by atoms with Gasteiger partial charge in [0, 0.05) is 23.9 Å². The molecule has 2 bridgehead atoms. The molecule has 0 saturated heterocycles. The predicted octanol–water partition coefficient (Wildman–Crippen LogP) is 6.21. The van der Waals surface area contributed by atoms with Gasteiger partial charge in [0.15, 0.2) is 0 Å². The van der Waals surface area contributed by atoms with Crippen LogP contribution in [0.1, 0.15) is 112 Å². The van der Waals surface area contributed by atoms with Crippen LogP contribution in [0.25, 0.3) is 0 Å². The summed E-state index contributed by atoms with van der Waals surface area (Å²) >= 11 is 0. The van der Waals surface area contributed by atoms with E-state index >= 15 is 0 Å². The number of fused-ring (bicyclic) bond motifs is 5. The van der Waals surface area contributed by atoms with Gasteiger partial charge in [0.2, 0.25) is 0 Å². The Kier molecular flexibility index (Phi) is 19.3. The summed E-state index contributed by atoms with van der Waals surface area (Å²) < 4.78 is 0. The number of hydrogen-bond donors (Lipinski definition) is 0. The molecule has 0 aromatic heterocycles. The third-order valence-corrected chi connectivity index (χ3v) is 5.87. The number of rotatable bonds is 3. The Morgan fingerprint density at radius 3 is 1.46 bits per heavy atom. The van der Waals surface area contributed by atoms with Crippen molar-refractivity contribution in [1.29, 1.82) is 0 Å². The van der Waals surface area contributed by atoms with Gasteiger partial charge in [0.05, 0.1) is 0 Å². The van der Waals surface area contributed by atoms with Gasteiger partial charge in [-0.05, 0) is 37.0 Å². The van der Waals surface area contributed by atoms with Crippen molar-refractivity contribution in [1.82, 2.24) is 0 Å². The summed E-state index contributed by atoms with van der Waals surface area (Å²) in [6, 6.07) is 0. The van der Waals surface area contributed by atoms with Crippen LogP contribution in [0.3, 0.4) is 0 Å². The Bertz CT molecular complexity index is 241. The Hall–Kier alpha value is 0.759. The molecule has 3 aliphatic carbocycles. The third kappa shape index (κ3) is 9.45. The maximum absolute atomic E-state index is 11.5. The van der Waals surface area contributed by atoms with Crippen LogP contribution >= 0.6 is 0 Å². The van der Waals surface area contributed by atoms with Crippen LogP contribution in [0.15, 0.2) is 0 Å². The molecule has 3 aliphatic rings. The van der Waals surface area contributed by atoms with Gasteiger partial charge in [-0.2, -0.15) is 0 Å². The molecule has 0 N–H and O–H groups in total. The summed E-state index contributed by atoms with van der Waals surface area (Å²) in [6.07, 6.45) is 14.3. The molecule has 4 radical (unpaired) electrons. The quantitative estimate of drug-likeness (QED) is 0.475. The van der Waals surface area contributed by atoms with E-state index in [1.165, 1.54) is 64.2 Å². The Morgan fingerprint density at radius 2 is 1.04 bits per heavy atom. The van der Waals surface area contributed by atoms with Gasteiger partial charge in [0.25, 0.3) is 0 Å². The van der Waals surface area contributed by atoms with Crippen LogP contribution in [0, 0.1) is 23.7 Å². The first-order chi connectivity index (χ1) is 11.1. The molecule has 0 aromatic carbocycles. The standard InChI is InChI=1S/C10H15O.3C4H10.Sn/c11-10-5-6-4-9(10)8-3-1-2-7(6)8;3*1-3-4-2;/h6-10H,1-5H2;3*3-4H2,1-2H3;/q-1;;;;. The molecule has 144 valence electrons. The molecule has 5 atom stereocenters. The zero-order chi connectivity index (χ0) is 17.7. The van der Waals surface area contributed by atoms with Crippen molar-refractivity contribution in [3.8, 4) is 0 Å². The molecule has 2 heteroatoms. The van der Waals surface area contributed by atoms with Gasteiger partial charge in [-0.15, -0.1) is 6.10 Å². The fourth-order valence-corrected chi connectivity index (χ4v) is 4.01. The molecule has 3 fully saturated rings. The minimum atomic E-state index is -0.167. The second-order valence-corrected chi connectivity index (χ2v) is 7.69. The van der Waals surface area contributed by atoms with Gasteiger partial charge in [0.1, 0.15) is 0 Å². The van der Waals surface area contributed by atoms with Gasteiger partial charge >= 0.3 is 0 Å². The van der Waals surface area contributed by atoms with E-state index in [1.807, 2.05) is 0 Å². The molecule has 3 rings (SSSR count). The molecular weight excluding hydrogens is 399 g/mol. The van der Waals surface area contributed by atoms with E-state index in [2.05, 4.69) is 41.5 Å². The molecule has 1 nitrogen and oxygen atoms in total. The van der Waals surface area contributed by atoms with Gasteiger partial charge < -0.3 is 5.11 Å². The molecule has 0 spiro atoms. The van der Waals surface area contributed by atoms with Crippen molar-refractivity contribution in [2.24, 2.45) is 23.7 Å². The van der Waals surface area contributed by atoms with Crippen molar-refractivity contribution in [3.63, 3.8) is 0 Å². The van der Waals surface area contributed by atoms with Crippen LogP contribution in [-0.4, -0.2) is 30.0 Å². The smallest absolute Gasteiger partial charge is 0 e. The zero-order valence-corrected chi connectivity index (χ0v) is 20.4. The first-order valence-electron chi connectivity index (χ1n) is 10.8. The Balaban J connectivity index is 0. The summed E-state index contributed by atoms with van der Waals surface area (Å²) in [5, 5.41) is 11.5. The average Bonchev–Trinajstić information content (AvgIpc) is 3.28. The van der Waals surface area contributed by atoms with Gasteiger partial charge in [-0.25, -0.2) is 0 Å². The zero-order valence-electron chi connectivity index (χ0n) is 17.6. The molecular formula is C22H45OSn-. The van der Waals surface area contributed by atoms with Crippen LogP contribution in [-0.2, 0) is 0 Å². The first-order valence-corrected chi connectivity index (χ1v) is 10.8. The molecule has 24 heavy (non-hydrogen) atoms. The van der Waals surface area contributed by atoms with Crippen molar-refractivity contribution in [2.45, 2.75) is 118 Å². The number of hydrogen-bond acceptors (Lipinski definition) is 1. The van der Waals surface area contributed by atoms with Gasteiger partial charge in [-0.3, -0.25) is 0 Å². The molecule has 0 aromatic rings. The molecule has 0 aliphatic heterocycles. The molecule has 5 unspecified atom stereocenters. The second kappa shape index (κ2) is 17.2. The van der Waals surface area contributed by atoms with E-state index in [0.29, 0.717) is 5.92 Å². The Morgan fingerprint density at radius 1 is 0.625 bits per heavy atom. The Labute approximate surface area is 170 Å².